The highest BCUT2D eigenvalue weighted by Gasteiger charge is 2.30. The zero-order chi connectivity index (χ0) is 22.1. The predicted molar refractivity (Wildman–Crippen MR) is 120 cm³/mol. The number of hydrogen-bond acceptors (Lipinski definition) is 4. The van der Waals surface area contributed by atoms with Gasteiger partial charge in [0.1, 0.15) is 11.7 Å². The molecule has 1 aliphatic heterocycles. The van der Waals surface area contributed by atoms with Gasteiger partial charge in [0.2, 0.25) is 5.91 Å². The Labute approximate surface area is 180 Å². The van der Waals surface area contributed by atoms with Crippen LogP contribution in [0.15, 0.2) is 59.4 Å². The van der Waals surface area contributed by atoms with Crippen molar-refractivity contribution in [3.8, 4) is 11.3 Å². The number of amides is 2. The fourth-order valence-corrected chi connectivity index (χ4v) is 3.82. The largest absolute Gasteiger partial charge is 0.322 e. The molecule has 31 heavy (non-hydrogen) atoms. The second-order valence-corrected chi connectivity index (χ2v) is 7.78. The number of rotatable bonds is 4. The van der Waals surface area contributed by atoms with E-state index in [4.69, 9.17) is 0 Å². The molecule has 1 aromatic heterocycles. The van der Waals surface area contributed by atoms with E-state index in [-0.39, 0.29) is 17.5 Å². The Bertz CT molecular complexity index is 1210. The molecule has 3 aromatic rings. The third-order valence-electron chi connectivity index (χ3n) is 5.47. The van der Waals surface area contributed by atoms with Gasteiger partial charge in [-0.2, -0.15) is 5.10 Å². The molecule has 0 saturated heterocycles. The highest BCUT2D eigenvalue weighted by atomic mass is 16.2. The van der Waals surface area contributed by atoms with Crippen molar-refractivity contribution in [1.29, 1.82) is 0 Å². The van der Waals surface area contributed by atoms with Crippen LogP contribution in [0.2, 0.25) is 0 Å². The van der Waals surface area contributed by atoms with Crippen molar-refractivity contribution in [2.75, 3.05) is 16.8 Å². The predicted octanol–water partition coefficient (Wildman–Crippen LogP) is 3.33. The van der Waals surface area contributed by atoms with E-state index in [1.165, 1.54) is 11.6 Å². The summed E-state index contributed by atoms with van der Waals surface area (Å²) < 4.78 is 1.17. The summed E-state index contributed by atoms with van der Waals surface area (Å²) in [5, 5.41) is 7.07. The molecule has 2 amide bonds. The van der Waals surface area contributed by atoms with E-state index >= 15 is 0 Å². The summed E-state index contributed by atoms with van der Waals surface area (Å²) in [6, 6.07) is 16.2. The number of fused-ring (bicyclic) bond motifs is 1. The topological polar surface area (TPSA) is 84.3 Å². The van der Waals surface area contributed by atoms with Gasteiger partial charge in [-0.3, -0.25) is 14.4 Å². The Hall–Kier alpha value is -3.74. The highest BCUT2D eigenvalue weighted by molar-refractivity contribution is 5.98. The summed E-state index contributed by atoms with van der Waals surface area (Å²) >= 11 is 0. The monoisotopic (exact) mass is 416 g/mol. The third kappa shape index (κ3) is 3.99. The van der Waals surface area contributed by atoms with Crippen molar-refractivity contribution in [3.05, 3.63) is 76.1 Å². The van der Waals surface area contributed by atoms with Gasteiger partial charge in [-0.05, 0) is 38.0 Å². The number of nitrogens with one attached hydrogen (secondary N) is 1. The summed E-state index contributed by atoms with van der Waals surface area (Å²) in [4.78, 5) is 39.8. The Morgan fingerprint density at radius 1 is 1.10 bits per heavy atom. The van der Waals surface area contributed by atoms with E-state index in [2.05, 4.69) is 10.4 Å². The molecule has 0 spiro atoms. The van der Waals surface area contributed by atoms with Crippen molar-refractivity contribution >= 4 is 23.2 Å². The molecule has 1 aliphatic rings. The molecule has 1 N–H and O–H groups in total. The molecular formula is C24H24N4O3. The lowest BCUT2D eigenvalue weighted by Crippen LogP contribution is -2.40. The lowest BCUT2D eigenvalue weighted by atomic mass is 10.1. The fraction of sp³-hybridized carbons (Fsp3) is 0.250. The number of benzene rings is 2. The number of carbonyl (C=O) groups excluding carboxylic acids is 2. The standard InChI is InChI=1S/C24H24N4O3/c1-15-8-10-18(11-9-15)20-14-21(25-17(3)29)24(31)28(26-20)16(2)23(30)27-13-12-19-6-4-5-7-22(19)27/h4-11,14,16H,12-13H2,1-3H3,(H,25,29). The summed E-state index contributed by atoms with van der Waals surface area (Å²) in [7, 11) is 0. The average Bonchev–Trinajstić information content (AvgIpc) is 3.18. The van der Waals surface area contributed by atoms with Crippen LogP contribution >= 0.6 is 0 Å². The average molecular weight is 416 g/mol. The van der Waals surface area contributed by atoms with Gasteiger partial charge in [0.25, 0.3) is 11.5 Å². The molecule has 2 aromatic carbocycles. The molecule has 0 fully saturated rings. The van der Waals surface area contributed by atoms with E-state index in [1.54, 1.807) is 17.9 Å². The van der Waals surface area contributed by atoms with Crippen LogP contribution in [0.4, 0.5) is 11.4 Å². The number of nitrogens with zero attached hydrogens (tertiary/aromatic N) is 3. The molecular weight excluding hydrogens is 392 g/mol. The van der Waals surface area contributed by atoms with Gasteiger partial charge in [0.05, 0.1) is 5.69 Å². The maximum absolute atomic E-state index is 13.3. The number of hydrogen-bond donors (Lipinski definition) is 1. The van der Waals surface area contributed by atoms with Crippen LogP contribution in [0, 0.1) is 6.92 Å². The Kier molecular flexibility index (Phi) is 5.42. The molecule has 7 nitrogen and oxygen atoms in total. The quantitative estimate of drug-likeness (QED) is 0.707. The molecule has 158 valence electrons. The third-order valence-corrected chi connectivity index (χ3v) is 5.47. The van der Waals surface area contributed by atoms with E-state index in [0.717, 1.165) is 28.8 Å². The van der Waals surface area contributed by atoms with Crippen molar-refractivity contribution in [3.63, 3.8) is 0 Å². The van der Waals surface area contributed by atoms with Crippen molar-refractivity contribution in [2.45, 2.75) is 33.2 Å². The zero-order valence-electron chi connectivity index (χ0n) is 17.8. The van der Waals surface area contributed by atoms with Crippen molar-refractivity contribution in [2.24, 2.45) is 0 Å². The maximum Gasteiger partial charge on any atom is 0.291 e. The van der Waals surface area contributed by atoms with Crippen LogP contribution in [0.25, 0.3) is 11.3 Å². The summed E-state index contributed by atoms with van der Waals surface area (Å²) in [5.74, 6) is -0.577. The first-order valence-electron chi connectivity index (χ1n) is 10.2. The minimum Gasteiger partial charge on any atom is -0.322 e. The number of aryl methyl sites for hydroxylation is 1. The minimum atomic E-state index is -0.837. The number of para-hydroxylation sites is 1. The van der Waals surface area contributed by atoms with Crippen molar-refractivity contribution in [1.82, 2.24) is 9.78 Å². The number of aromatic nitrogens is 2. The summed E-state index contributed by atoms with van der Waals surface area (Å²) in [6.45, 7) is 5.54. The SMILES string of the molecule is CC(=O)Nc1cc(-c2ccc(C)cc2)nn(C(C)C(=O)N2CCc3ccccc32)c1=O. The van der Waals surface area contributed by atoms with E-state index in [9.17, 15) is 14.4 Å². The normalized spacial score (nSPS) is 13.6. The second-order valence-electron chi connectivity index (χ2n) is 7.78. The minimum absolute atomic E-state index is 0.0968. The molecule has 2 heterocycles. The van der Waals surface area contributed by atoms with Crippen LogP contribution in [0.3, 0.4) is 0 Å². The molecule has 0 aliphatic carbocycles. The van der Waals surface area contributed by atoms with Gasteiger partial charge in [-0.1, -0.05) is 48.0 Å². The molecule has 1 atom stereocenters. The molecule has 1 unspecified atom stereocenters. The van der Waals surface area contributed by atoms with Crippen LogP contribution in [-0.4, -0.2) is 28.1 Å². The van der Waals surface area contributed by atoms with Gasteiger partial charge < -0.3 is 10.2 Å². The van der Waals surface area contributed by atoms with Crippen LogP contribution < -0.4 is 15.8 Å². The Balaban J connectivity index is 1.76. The molecule has 4 rings (SSSR count). The van der Waals surface area contributed by atoms with Gasteiger partial charge in [-0.15, -0.1) is 0 Å². The first kappa shape index (κ1) is 20.5. The van der Waals surface area contributed by atoms with E-state index in [0.29, 0.717) is 12.2 Å². The Morgan fingerprint density at radius 3 is 2.52 bits per heavy atom. The van der Waals surface area contributed by atoms with Crippen LogP contribution in [-0.2, 0) is 16.0 Å². The van der Waals surface area contributed by atoms with Gasteiger partial charge in [-0.25, -0.2) is 4.68 Å². The molecule has 0 radical (unpaired) electrons. The second kappa shape index (κ2) is 8.18. The number of carbonyl (C=O) groups is 2. The zero-order valence-corrected chi connectivity index (χ0v) is 17.8. The lowest BCUT2D eigenvalue weighted by Gasteiger charge is -2.23. The number of anilines is 2. The van der Waals surface area contributed by atoms with E-state index in [1.807, 2.05) is 55.5 Å². The molecule has 0 saturated carbocycles. The first-order chi connectivity index (χ1) is 14.8. The Morgan fingerprint density at radius 2 is 1.81 bits per heavy atom. The maximum atomic E-state index is 13.3. The fourth-order valence-electron chi connectivity index (χ4n) is 3.82. The van der Waals surface area contributed by atoms with Crippen molar-refractivity contribution < 1.29 is 9.59 Å². The van der Waals surface area contributed by atoms with E-state index < -0.39 is 11.6 Å². The first-order valence-corrected chi connectivity index (χ1v) is 10.2. The van der Waals surface area contributed by atoms with Crippen LogP contribution in [0.1, 0.15) is 31.0 Å². The van der Waals surface area contributed by atoms with Gasteiger partial charge in [0, 0.05) is 24.7 Å². The van der Waals surface area contributed by atoms with Gasteiger partial charge >= 0.3 is 0 Å². The smallest absolute Gasteiger partial charge is 0.291 e. The summed E-state index contributed by atoms with van der Waals surface area (Å²) in [5.41, 5.74) is 3.94. The van der Waals surface area contributed by atoms with Gasteiger partial charge in [0.15, 0.2) is 0 Å². The lowest BCUT2D eigenvalue weighted by molar-refractivity contribution is -0.121. The summed E-state index contributed by atoms with van der Waals surface area (Å²) in [6.07, 6.45) is 0.775. The molecule has 7 heteroatoms. The highest BCUT2D eigenvalue weighted by Crippen LogP contribution is 2.29. The van der Waals surface area contributed by atoms with Crippen LogP contribution in [0.5, 0.6) is 0 Å². The molecule has 0 bridgehead atoms.